The van der Waals surface area contributed by atoms with E-state index in [2.05, 4.69) is 71.1 Å². The summed E-state index contributed by atoms with van der Waals surface area (Å²) in [4.78, 5) is 10.7. The summed E-state index contributed by atoms with van der Waals surface area (Å²) in [6.07, 6.45) is 0. The average Bonchev–Trinajstić information content (AvgIpc) is 2.78. The van der Waals surface area contributed by atoms with Gasteiger partial charge >= 0.3 is 5.97 Å². The van der Waals surface area contributed by atoms with Crippen LogP contribution in [0.2, 0.25) is 10.1 Å². The molecule has 2 N–H and O–H groups in total. The van der Waals surface area contributed by atoms with Crippen LogP contribution in [-0.4, -0.2) is 26.4 Å². The van der Waals surface area contributed by atoms with Gasteiger partial charge in [-0.05, 0) is 31.6 Å². The fraction of sp³-hybridized carbons (Fsp3) is 0.526. The van der Waals surface area contributed by atoms with Crippen LogP contribution in [0.15, 0.2) is 24.3 Å². The van der Waals surface area contributed by atoms with Crippen molar-refractivity contribution in [2.45, 2.75) is 58.2 Å². The summed E-state index contributed by atoms with van der Waals surface area (Å²) in [6, 6.07) is 8.73. The van der Waals surface area contributed by atoms with Crippen molar-refractivity contribution in [2.75, 3.05) is 6.54 Å². The Morgan fingerprint density at radius 2 is 1.79 bits per heavy atom. The molecule has 0 aliphatic carbocycles. The molecule has 1 aromatic heterocycles. The second kappa shape index (κ2) is 6.98. The average molecular weight is 364 g/mol. The number of nitrogens with one attached hydrogen (secondary N) is 1. The van der Waals surface area contributed by atoms with Crippen molar-refractivity contribution in [3.63, 3.8) is 0 Å². The fourth-order valence-corrected chi connectivity index (χ4v) is 12.4. The summed E-state index contributed by atoms with van der Waals surface area (Å²) >= 11 is 1.92. The highest BCUT2D eigenvalue weighted by Crippen LogP contribution is 2.43. The van der Waals surface area contributed by atoms with Gasteiger partial charge in [0.15, 0.2) is 0 Å². The number of hydrogen-bond donors (Lipinski definition) is 2. The van der Waals surface area contributed by atoms with Crippen molar-refractivity contribution in [3.8, 4) is 0 Å². The van der Waals surface area contributed by atoms with Gasteiger partial charge in [-0.2, -0.15) is 0 Å². The zero-order chi connectivity index (χ0) is 18.1. The number of rotatable bonds is 5. The third kappa shape index (κ3) is 4.46. The lowest BCUT2D eigenvalue weighted by Gasteiger charge is -2.38. The van der Waals surface area contributed by atoms with Gasteiger partial charge in [0.25, 0.3) is 0 Å². The maximum atomic E-state index is 10.7. The van der Waals surface area contributed by atoms with Crippen molar-refractivity contribution in [2.24, 2.45) is 0 Å². The smallest absolute Gasteiger partial charge is 0.317 e. The van der Waals surface area contributed by atoms with Crippen molar-refractivity contribution in [3.05, 3.63) is 29.8 Å². The highest BCUT2D eigenvalue weighted by molar-refractivity contribution is 7.29. The largest absolute Gasteiger partial charge is 0.480 e. The minimum Gasteiger partial charge on any atom is -0.480 e. The van der Waals surface area contributed by atoms with Crippen molar-refractivity contribution >= 4 is 40.7 Å². The summed E-state index contributed by atoms with van der Waals surface area (Å²) in [5.41, 5.74) is 1.19. The van der Waals surface area contributed by atoms with E-state index in [-0.39, 0.29) is 6.54 Å². The fourth-order valence-electron chi connectivity index (χ4n) is 3.88. The van der Waals surface area contributed by atoms with E-state index in [1.807, 2.05) is 11.3 Å². The van der Waals surface area contributed by atoms with Crippen LogP contribution >= 0.6 is 11.3 Å². The van der Waals surface area contributed by atoms with E-state index in [0.717, 1.165) is 0 Å². The molecular weight excluding hydrogens is 334 g/mol. The molecule has 0 saturated carbocycles. The first-order valence-corrected chi connectivity index (χ1v) is 11.0. The van der Waals surface area contributed by atoms with Gasteiger partial charge in [0.1, 0.15) is 0 Å². The van der Waals surface area contributed by atoms with Crippen LogP contribution in [0.3, 0.4) is 0 Å². The molecule has 0 radical (unpaired) electrons. The Bertz CT molecular complexity index is 711. The molecule has 24 heavy (non-hydrogen) atoms. The topological polar surface area (TPSA) is 49.3 Å². The standard InChI is InChI=1S/C19H29NO2SSi/c1-18(2,3)24(19(4,5)6)16-10-13-8-7-9-14(17(13)23-16)11-20-12-15(21)22/h7-10,20,24H,11-12H2,1-6H3,(H,21,22). The molecule has 0 aliphatic rings. The van der Waals surface area contributed by atoms with E-state index >= 15 is 0 Å². The van der Waals surface area contributed by atoms with Crippen molar-refractivity contribution < 1.29 is 9.90 Å². The summed E-state index contributed by atoms with van der Waals surface area (Å²) in [5, 5.41) is 13.7. The first-order chi connectivity index (χ1) is 11.0. The third-order valence-electron chi connectivity index (χ3n) is 4.25. The highest BCUT2D eigenvalue weighted by atomic mass is 32.1. The van der Waals surface area contributed by atoms with Gasteiger partial charge in [-0.1, -0.05) is 59.7 Å². The molecule has 2 rings (SSSR count). The van der Waals surface area contributed by atoms with E-state index < -0.39 is 14.8 Å². The minimum atomic E-state index is -1.20. The summed E-state index contributed by atoms with van der Waals surface area (Å²) in [6.45, 7) is 14.8. The third-order valence-corrected chi connectivity index (χ3v) is 10.6. The molecule has 0 bridgehead atoms. The first-order valence-electron chi connectivity index (χ1n) is 8.44. The van der Waals surface area contributed by atoms with Gasteiger partial charge < -0.3 is 10.4 Å². The Labute approximate surface area is 150 Å². The summed E-state index contributed by atoms with van der Waals surface area (Å²) < 4.78 is 2.85. The molecule has 0 fully saturated rings. The second-order valence-corrected chi connectivity index (χ2v) is 15.1. The molecule has 0 amide bonds. The number of aliphatic carboxylic acids is 1. The Morgan fingerprint density at radius 1 is 1.17 bits per heavy atom. The molecule has 1 heterocycles. The molecule has 3 nitrogen and oxygen atoms in total. The van der Waals surface area contributed by atoms with Gasteiger partial charge in [-0.15, -0.1) is 11.3 Å². The van der Waals surface area contributed by atoms with E-state index in [4.69, 9.17) is 5.11 Å². The van der Waals surface area contributed by atoms with E-state index in [1.54, 1.807) is 4.50 Å². The molecule has 0 unspecified atom stereocenters. The van der Waals surface area contributed by atoms with Crippen LogP contribution in [0.25, 0.3) is 10.1 Å². The zero-order valence-corrected chi connectivity index (χ0v) is 17.5. The van der Waals surface area contributed by atoms with Gasteiger partial charge in [-0.25, -0.2) is 0 Å². The molecule has 1 aromatic carbocycles. The van der Waals surface area contributed by atoms with Crippen molar-refractivity contribution in [1.29, 1.82) is 0 Å². The number of carboxylic acid groups (broad SMARTS) is 1. The number of carbonyl (C=O) groups is 1. The van der Waals surface area contributed by atoms with Gasteiger partial charge in [-0.3, -0.25) is 4.79 Å². The van der Waals surface area contributed by atoms with Crippen LogP contribution in [0, 0.1) is 0 Å². The second-order valence-electron chi connectivity index (χ2n) is 8.65. The van der Waals surface area contributed by atoms with Crippen LogP contribution in [0.4, 0.5) is 0 Å². The van der Waals surface area contributed by atoms with Crippen LogP contribution < -0.4 is 9.82 Å². The molecular formula is C19H29NO2SSi. The highest BCUT2D eigenvalue weighted by Gasteiger charge is 2.38. The van der Waals surface area contributed by atoms with Crippen LogP contribution in [0.1, 0.15) is 47.1 Å². The molecule has 0 atom stereocenters. The Balaban J connectivity index is 2.41. The maximum Gasteiger partial charge on any atom is 0.317 e. The lowest BCUT2D eigenvalue weighted by atomic mass is 10.1. The Kier molecular flexibility index (Phi) is 5.57. The maximum absolute atomic E-state index is 10.7. The molecule has 132 valence electrons. The van der Waals surface area contributed by atoms with Gasteiger partial charge in [0.2, 0.25) is 0 Å². The van der Waals surface area contributed by atoms with Crippen LogP contribution in [-0.2, 0) is 11.3 Å². The lowest BCUT2D eigenvalue weighted by molar-refractivity contribution is -0.135. The van der Waals surface area contributed by atoms with E-state index in [1.165, 1.54) is 15.6 Å². The van der Waals surface area contributed by atoms with Crippen LogP contribution in [0.5, 0.6) is 0 Å². The summed E-state index contributed by atoms with van der Waals surface area (Å²) in [5.74, 6) is -0.818. The quantitative estimate of drug-likeness (QED) is 0.786. The van der Waals surface area contributed by atoms with Gasteiger partial charge in [0, 0.05) is 11.2 Å². The first kappa shape index (κ1) is 19.2. The number of carboxylic acids is 1. The summed E-state index contributed by atoms with van der Waals surface area (Å²) in [7, 11) is -1.20. The number of thiophene rings is 1. The lowest BCUT2D eigenvalue weighted by Crippen LogP contribution is -2.44. The minimum absolute atomic E-state index is 0.00399. The Hall–Kier alpha value is -1.17. The van der Waals surface area contributed by atoms with Gasteiger partial charge in [0.05, 0.1) is 15.3 Å². The predicted octanol–water partition coefficient (Wildman–Crippen LogP) is 4.11. The van der Waals surface area contributed by atoms with E-state index in [0.29, 0.717) is 16.6 Å². The predicted molar refractivity (Wildman–Crippen MR) is 107 cm³/mol. The monoisotopic (exact) mass is 363 g/mol. The molecule has 5 heteroatoms. The van der Waals surface area contributed by atoms with E-state index in [9.17, 15) is 4.79 Å². The number of benzene rings is 1. The molecule has 0 saturated heterocycles. The molecule has 0 spiro atoms. The number of hydrogen-bond acceptors (Lipinski definition) is 3. The normalized spacial score (nSPS) is 13.0. The molecule has 2 aromatic rings. The molecule has 0 aliphatic heterocycles. The van der Waals surface area contributed by atoms with Crippen molar-refractivity contribution in [1.82, 2.24) is 5.32 Å². The number of fused-ring (bicyclic) bond motifs is 1. The SMILES string of the molecule is CC(C)(C)[SiH](c1cc2cccc(CNCC(=O)O)c2s1)C(C)(C)C. The zero-order valence-electron chi connectivity index (χ0n) is 15.6. The Morgan fingerprint density at radius 3 is 2.33 bits per heavy atom.